The van der Waals surface area contributed by atoms with Gasteiger partial charge in [-0.15, -0.1) is 0 Å². The number of ether oxygens (including phenoxy) is 1. The molecule has 1 amide bonds. The van der Waals surface area contributed by atoms with Crippen LogP contribution in [0.2, 0.25) is 0 Å². The predicted octanol–water partition coefficient (Wildman–Crippen LogP) is 6.85. The number of methoxy groups -OCH3 is 1. The van der Waals surface area contributed by atoms with Crippen molar-refractivity contribution in [1.29, 1.82) is 0 Å². The van der Waals surface area contributed by atoms with Crippen molar-refractivity contribution in [2.24, 2.45) is 4.99 Å². The van der Waals surface area contributed by atoms with Crippen molar-refractivity contribution in [3.8, 4) is 11.4 Å². The summed E-state index contributed by atoms with van der Waals surface area (Å²) in [5, 5.41) is 0.696. The van der Waals surface area contributed by atoms with E-state index in [1.54, 1.807) is 12.0 Å². The lowest BCUT2D eigenvalue weighted by molar-refractivity contribution is -0.122. The van der Waals surface area contributed by atoms with Gasteiger partial charge in [0.05, 0.1) is 17.7 Å². The number of benzene rings is 2. The van der Waals surface area contributed by atoms with Crippen LogP contribution in [-0.4, -0.2) is 34.2 Å². The number of carbonyl (C=O) groups is 1. The summed E-state index contributed by atoms with van der Waals surface area (Å²) in [6.07, 6.45) is 1.99. The Labute approximate surface area is 206 Å². The summed E-state index contributed by atoms with van der Waals surface area (Å²) < 4.78 is 7.46. The van der Waals surface area contributed by atoms with Crippen LogP contribution in [0.3, 0.4) is 0 Å². The Kier molecular flexibility index (Phi) is 6.98. The van der Waals surface area contributed by atoms with Gasteiger partial charge >= 0.3 is 0 Å². The quantitative estimate of drug-likeness (QED) is 0.368. The molecule has 3 aromatic rings. The summed E-state index contributed by atoms with van der Waals surface area (Å²) in [6.45, 7) is 11.1. The van der Waals surface area contributed by atoms with E-state index in [-0.39, 0.29) is 5.91 Å². The van der Waals surface area contributed by atoms with Crippen molar-refractivity contribution in [2.45, 2.75) is 40.5 Å². The van der Waals surface area contributed by atoms with E-state index in [2.05, 4.69) is 62.6 Å². The first-order valence-electron chi connectivity index (χ1n) is 11.6. The monoisotopic (exact) mass is 473 g/mol. The Balaban J connectivity index is 1.65. The molecule has 1 aliphatic heterocycles. The summed E-state index contributed by atoms with van der Waals surface area (Å²) in [7, 11) is 1.64. The maximum absolute atomic E-state index is 13.1. The molecule has 0 radical (unpaired) electrons. The summed E-state index contributed by atoms with van der Waals surface area (Å²) in [5.74, 6) is 1.27. The van der Waals surface area contributed by atoms with Gasteiger partial charge in [0.15, 0.2) is 5.17 Å². The van der Waals surface area contributed by atoms with E-state index in [4.69, 9.17) is 9.73 Å². The number of carbonyl (C=O) groups excluding carboxylic acids is 1. The van der Waals surface area contributed by atoms with E-state index in [1.807, 2.05) is 37.3 Å². The fraction of sp³-hybridized carbons (Fsp3) is 0.286. The molecular weight excluding hydrogens is 442 g/mol. The number of aliphatic imine (C=N–C) groups is 1. The average molecular weight is 474 g/mol. The van der Waals surface area contributed by atoms with Crippen LogP contribution in [0.25, 0.3) is 11.8 Å². The van der Waals surface area contributed by atoms with Crippen LogP contribution in [0, 0.1) is 13.8 Å². The Morgan fingerprint density at radius 2 is 1.74 bits per heavy atom. The lowest BCUT2D eigenvalue weighted by Gasteiger charge is -2.12. The second-order valence-electron chi connectivity index (χ2n) is 8.66. The van der Waals surface area contributed by atoms with Gasteiger partial charge in [-0.1, -0.05) is 26.0 Å². The molecule has 0 aliphatic carbocycles. The Hall–Kier alpha value is -3.25. The standard InChI is InChI=1S/C28H31N3O2S/c1-7-30-27(32)26(34-28(30)29-23-10-14-25(33-6)15-11-23)17-22-16-19(4)31(20(22)5)24-12-8-21(9-13-24)18(2)3/h8-18H,7H2,1-6H3/b26-17+,29-28?. The van der Waals surface area contributed by atoms with E-state index >= 15 is 0 Å². The largest absolute Gasteiger partial charge is 0.497 e. The molecule has 0 unspecified atom stereocenters. The predicted molar refractivity (Wildman–Crippen MR) is 142 cm³/mol. The molecule has 34 heavy (non-hydrogen) atoms. The first kappa shape index (κ1) is 23.9. The number of aryl methyl sites for hydroxylation is 1. The summed E-state index contributed by atoms with van der Waals surface area (Å²) in [6, 6.07) is 18.4. The van der Waals surface area contributed by atoms with Crippen molar-refractivity contribution >= 4 is 34.6 Å². The molecule has 2 heterocycles. The molecule has 1 fully saturated rings. The SMILES string of the molecule is CCN1C(=O)/C(=C\c2cc(C)n(-c3ccc(C(C)C)cc3)c2C)SC1=Nc1ccc(OC)cc1. The van der Waals surface area contributed by atoms with Crippen LogP contribution < -0.4 is 4.74 Å². The molecule has 6 heteroatoms. The van der Waals surface area contributed by atoms with Crippen LogP contribution in [-0.2, 0) is 4.79 Å². The zero-order valence-corrected chi connectivity index (χ0v) is 21.4. The molecule has 0 N–H and O–H groups in total. The molecule has 1 aliphatic rings. The van der Waals surface area contributed by atoms with Gasteiger partial charge in [0.1, 0.15) is 5.75 Å². The molecule has 2 aromatic carbocycles. The third-order valence-corrected chi connectivity index (χ3v) is 7.08. The highest BCUT2D eigenvalue weighted by Gasteiger charge is 2.32. The number of thioether (sulfide) groups is 1. The second kappa shape index (κ2) is 9.94. The summed E-state index contributed by atoms with van der Waals surface area (Å²) in [4.78, 5) is 20.3. The molecule has 0 spiro atoms. The number of amidine groups is 1. The molecule has 4 rings (SSSR count). The number of likely N-dealkylation sites (N-methyl/N-ethyl adjacent to an activating group) is 1. The van der Waals surface area contributed by atoms with E-state index in [0.717, 1.165) is 34.1 Å². The Morgan fingerprint density at radius 1 is 1.06 bits per heavy atom. The molecule has 0 saturated carbocycles. The van der Waals surface area contributed by atoms with Gasteiger partial charge in [0.2, 0.25) is 0 Å². The lowest BCUT2D eigenvalue weighted by atomic mass is 10.0. The smallest absolute Gasteiger partial charge is 0.266 e. The minimum atomic E-state index is -0.00847. The van der Waals surface area contributed by atoms with Crippen LogP contribution in [0.5, 0.6) is 5.75 Å². The van der Waals surface area contributed by atoms with Crippen molar-refractivity contribution in [3.05, 3.63) is 82.0 Å². The third-order valence-electron chi connectivity index (χ3n) is 6.08. The number of hydrogen-bond donors (Lipinski definition) is 0. The summed E-state index contributed by atoms with van der Waals surface area (Å²) >= 11 is 1.42. The highest BCUT2D eigenvalue weighted by molar-refractivity contribution is 8.18. The number of hydrogen-bond acceptors (Lipinski definition) is 4. The summed E-state index contributed by atoms with van der Waals surface area (Å²) in [5.41, 5.74) is 6.54. The van der Waals surface area contributed by atoms with Gasteiger partial charge in [-0.05, 0) is 98.1 Å². The molecular formula is C28H31N3O2S. The first-order chi connectivity index (χ1) is 16.3. The van der Waals surface area contributed by atoms with Crippen LogP contribution in [0.15, 0.2) is 64.5 Å². The van der Waals surface area contributed by atoms with Crippen molar-refractivity contribution < 1.29 is 9.53 Å². The van der Waals surface area contributed by atoms with Crippen molar-refractivity contribution in [1.82, 2.24) is 9.47 Å². The minimum Gasteiger partial charge on any atom is -0.497 e. The van der Waals surface area contributed by atoms with E-state index in [9.17, 15) is 4.79 Å². The van der Waals surface area contributed by atoms with Gasteiger partial charge in [-0.25, -0.2) is 4.99 Å². The highest BCUT2D eigenvalue weighted by atomic mass is 32.2. The van der Waals surface area contributed by atoms with E-state index < -0.39 is 0 Å². The average Bonchev–Trinajstić information content (AvgIpc) is 3.28. The Morgan fingerprint density at radius 3 is 2.32 bits per heavy atom. The van der Waals surface area contributed by atoms with Gasteiger partial charge in [-0.2, -0.15) is 0 Å². The fourth-order valence-electron chi connectivity index (χ4n) is 4.12. The van der Waals surface area contributed by atoms with Gasteiger partial charge in [-0.3, -0.25) is 9.69 Å². The highest BCUT2D eigenvalue weighted by Crippen LogP contribution is 2.35. The number of nitrogens with zero attached hydrogens (tertiary/aromatic N) is 3. The van der Waals surface area contributed by atoms with Crippen molar-refractivity contribution in [3.63, 3.8) is 0 Å². The van der Waals surface area contributed by atoms with Crippen LogP contribution in [0.1, 0.15) is 49.2 Å². The Bertz CT molecular complexity index is 1250. The zero-order chi connectivity index (χ0) is 24.4. The van der Waals surface area contributed by atoms with E-state index in [1.165, 1.54) is 17.3 Å². The second-order valence-corrected chi connectivity index (χ2v) is 9.67. The van der Waals surface area contributed by atoms with Gasteiger partial charge in [0.25, 0.3) is 5.91 Å². The molecule has 5 nitrogen and oxygen atoms in total. The molecule has 176 valence electrons. The molecule has 1 aromatic heterocycles. The third kappa shape index (κ3) is 4.68. The normalized spacial score (nSPS) is 16.3. The maximum atomic E-state index is 13.1. The molecule has 0 bridgehead atoms. The van der Waals surface area contributed by atoms with Crippen molar-refractivity contribution in [2.75, 3.05) is 13.7 Å². The van der Waals surface area contributed by atoms with Crippen LogP contribution in [0.4, 0.5) is 5.69 Å². The van der Waals surface area contributed by atoms with E-state index in [0.29, 0.717) is 22.5 Å². The topological polar surface area (TPSA) is 46.8 Å². The first-order valence-corrected chi connectivity index (χ1v) is 12.4. The number of aromatic nitrogens is 1. The van der Waals surface area contributed by atoms with Crippen LogP contribution >= 0.6 is 11.8 Å². The zero-order valence-electron chi connectivity index (χ0n) is 20.6. The van der Waals surface area contributed by atoms with Gasteiger partial charge < -0.3 is 9.30 Å². The maximum Gasteiger partial charge on any atom is 0.266 e. The lowest BCUT2D eigenvalue weighted by Crippen LogP contribution is -2.28. The molecule has 1 saturated heterocycles. The fourth-order valence-corrected chi connectivity index (χ4v) is 5.17. The number of amides is 1. The van der Waals surface area contributed by atoms with Gasteiger partial charge in [0, 0.05) is 23.6 Å². The minimum absolute atomic E-state index is 0.00847. The molecule has 0 atom stereocenters. The number of rotatable bonds is 6.